The van der Waals surface area contributed by atoms with Crippen LogP contribution in [0.1, 0.15) is 55.5 Å². The first-order chi connectivity index (χ1) is 14.4. The number of carbonyl (C=O) groups is 2. The van der Waals surface area contributed by atoms with E-state index in [1.54, 1.807) is 31.2 Å². The lowest BCUT2D eigenvalue weighted by molar-refractivity contribution is -0.123. The molecular formula is C24H29NO5. The van der Waals surface area contributed by atoms with Crippen LogP contribution in [0, 0.1) is 0 Å². The van der Waals surface area contributed by atoms with Gasteiger partial charge in [0.15, 0.2) is 6.10 Å². The minimum Gasteiger partial charge on any atom is -0.491 e. The lowest BCUT2D eigenvalue weighted by Crippen LogP contribution is -2.30. The molecule has 6 nitrogen and oxygen atoms in total. The summed E-state index contributed by atoms with van der Waals surface area (Å²) in [5, 5.41) is 2.77. The largest absolute Gasteiger partial charge is 0.491 e. The first-order valence-corrected chi connectivity index (χ1v) is 10.4. The van der Waals surface area contributed by atoms with Crippen LogP contribution in [0.25, 0.3) is 0 Å². The van der Waals surface area contributed by atoms with Crippen LogP contribution in [-0.2, 0) is 14.3 Å². The van der Waals surface area contributed by atoms with E-state index in [-0.39, 0.29) is 12.0 Å². The average molecular weight is 411 g/mol. The van der Waals surface area contributed by atoms with Crippen molar-refractivity contribution < 1.29 is 23.8 Å². The molecule has 2 atom stereocenters. The van der Waals surface area contributed by atoms with Gasteiger partial charge < -0.3 is 19.5 Å². The Kier molecular flexibility index (Phi) is 7.46. The van der Waals surface area contributed by atoms with Gasteiger partial charge in [-0.05, 0) is 67.6 Å². The summed E-state index contributed by atoms with van der Waals surface area (Å²) in [5.74, 6) is 0.149. The van der Waals surface area contributed by atoms with Gasteiger partial charge in [-0.1, -0.05) is 26.0 Å². The molecule has 0 bridgehead atoms. The highest BCUT2D eigenvalue weighted by atomic mass is 16.5. The third-order valence-electron chi connectivity index (χ3n) is 5.05. The maximum atomic E-state index is 12.3. The Hall–Kier alpha value is -2.86. The van der Waals surface area contributed by atoms with Gasteiger partial charge in [0.25, 0.3) is 5.91 Å². The summed E-state index contributed by atoms with van der Waals surface area (Å²) in [7, 11) is 0. The summed E-state index contributed by atoms with van der Waals surface area (Å²) in [4.78, 5) is 24.7. The Bertz CT molecular complexity index is 839. The van der Waals surface area contributed by atoms with E-state index in [0.717, 1.165) is 19.4 Å². The number of anilines is 1. The summed E-state index contributed by atoms with van der Waals surface area (Å²) in [5.41, 5.74) is 2.22. The third-order valence-corrected chi connectivity index (χ3v) is 5.05. The number of rotatable bonds is 8. The second-order valence-electron chi connectivity index (χ2n) is 7.78. The van der Waals surface area contributed by atoms with Crippen molar-refractivity contribution >= 4 is 17.6 Å². The lowest BCUT2D eigenvalue weighted by Gasteiger charge is -2.15. The highest BCUT2D eigenvalue weighted by Gasteiger charge is 2.20. The Balaban J connectivity index is 1.48. The van der Waals surface area contributed by atoms with E-state index in [9.17, 15) is 9.59 Å². The summed E-state index contributed by atoms with van der Waals surface area (Å²) >= 11 is 0. The molecule has 1 amide bonds. The summed E-state index contributed by atoms with van der Waals surface area (Å²) < 4.78 is 16.5. The molecule has 1 saturated heterocycles. The van der Waals surface area contributed by atoms with Crippen LogP contribution in [0.3, 0.4) is 0 Å². The fourth-order valence-electron chi connectivity index (χ4n) is 3.13. The number of hydrogen-bond acceptors (Lipinski definition) is 5. The van der Waals surface area contributed by atoms with Crippen LogP contribution in [0.5, 0.6) is 5.75 Å². The minimum atomic E-state index is -0.919. The van der Waals surface area contributed by atoms with Crippen molar-refractivity contribution in [1.82, 2.24) is 0 Å². The van der Waals surface area contributed by atoms with E-state index in [4.69, 9.17) is 14.2 Å². The van der Waals surface area contributed by atoms with E-state index >= 15 is 0 Å². The molecule has 2 aromatic carbocycles. The van der Waals surface area contributed by atoms with E-state index in [2.05, 4.69) is 19.2 Å². The zero-order valence-electron chi connectivity index (χ0n) is 17.7. The van der Waals surface area contributed by atoms with Gasteiger partial charge in [0.2, 0.25) is 0 Å². The van der Waals surface area contributed by atoms with Crippen LogP contribution >= 0.6 is 0 Å². The normalized spacial score (nSPS) is 16.9. The van der Waals surface area contributed by atoms with Gasteiger partial charge in [-0.15, -0.1) is 0 Å². The smallest absolute Gasteiger partial charge is 0.338 e. The molecule has 0 aromatic heterocycles. The number of ether oxygens (including phenoxy) is 3. The predicted molar refractivity (Wildman–Crippen MR) is 115 cm³/mol. The predicted octanol–water partition coefficient (Wildman–Crippen LogP) is 4.55. The highest BCUT2D eigenvalue weighted by Crippen LogP contribution is 2.19. The van der Waals surface area contributed by atoms with Gasteiger partial charge in [-0.3, -0.25) is 4.79 Å². The van der Waals surface area contributed by atoms with Gasteiger partial charge in [0, 0.05) is 12.3 Å². The molecule has 6 heteroatoms. The van der Waals surface area contributed by atoms with Gasteiger partial charge in [-0.2, -0.15) is 0 Å². The van der Waals surface area contributed by atoms with E-state index in [1.165, 1.54) is 5.56 Å². The molecule has 0 spiro atoms. The van der Waals surface area contributed by atoms with Crippen LogP contribution in [0.4, 0.5) is 5.69 Å². The molecule has 1 N–H and O–H groups in total. The SMILES string of the molecule is CC(C)c1ccc(NC(=O)[C@@H](C)OC(=O)c2ccc(OC[C@@H]3CCCO3)cc2)cc1. The van der Waals surface area contributed by atoms with Gasteiger partial charge in [0.1, 0.15) is 12.4 Å². The van der Waals surface area contributed by atoms with Crippen molar-refractivity contribution in [2.45, 2.75) is 51.7 Å². The molecule has 30 heavy (non-hydrogen) atoms. The fourth-order valence-corrected chi connectivity index (χ4v) is 3.13. The van der Waals surface area contributed by atoms with Gasteiger partial charge in [-0.25, -0.2) is 4.79 Å². The molecule has 1 fully saturated rings. The number of hydrogen-bond donors (Lipinski definition) is 1. The second kappa shape index (κ2) is 10.3. The van der Waals surface area contributed by atoms with Crippen molar-refractivity contribution in [3.05, 3.63) is 59.7 Å². The maximum absolute atomic E-state index is 12.3. The number of carbonyl (C=O) groups excluding carboxylic acids is 2. The van der Waals surface area contributed by atoms with Gasteiger partial charge >= 0.3 is 5.97 Å². The first kappa shape index (κ1) is 21.8. The van der Waals surface area contributed by atoms with Crippen molar-refractivity contribution in [2.75, 3.05) is 18.5 Å². The maximum Gasteiger partial charge on any atom is 0.338 e. The molecule has 160 valence electrons. The van der Waals surface area contributed by atoms with Crippen LogP contribution in [0.15, 0.2) is 48.5 Å². The first-order valence-electron chi connectivity index (χ1n) is 10.4. The summed E-state index contributed by atoms with van der Waals surface area (Å²) in [6.07, 6.45) is 1.29. The monoisotopic (exact) mass is 411 g/mol. The number of esters is 1. The lowest BCUT2D eigenvalue weighted by atomic mass is 10.0. The molecular weight excluding hydrogens is 382 g/mol. The molecule has 1 heterocycles. The van der Waals surface area contributed by atoms with E-state index < -0.39 is 12.1 Å². The van der Waals surface area contributed by atoms with Crippen molar-refractivity contribution in [2.24, 2.45) is 0 Å². The molecule has 0 saturated carbocycles. The Morgan fingerprint density at radius 3 is 2.37 bits per heavy atom. The zero-order chi connectivity index (χ0) is 21.5. The zero-order valence-corrected chi connectivity index (χ0v) is 17.7. The van der Waals surface area contributed by atoms with Gasteiger partial charge in [0.05, 0.1) is 11.7 Å². The Morgan fingerprint density at radius 2 is 1.77 bits per heavy atom. The topological polar surface area (TPSA) is 73.9 Å². The van der Waals surface area contributed by atoms with Crippen LogP contribution in [-0.4, -0.2) is 37.3 Å². The highest BCUT2D eigenvalue weighted by molar-refractivity contribution is 5.97. The number of benzene rings is 2. The second-order valence-corrected chi connectivity index (χ2v) is 7.78. The third kappa shape index (κ3) is 6.07. The summed E-state index contributed by atoms with van der Waals surface area (Å²) in [6, 6.07) is 14.3. The Morgan fingerprint density at radius 1 is 1.07 bits per heavy atom. The van der Waals surface area contributed by atoms with E-state index in [1.807, 2.05) is 24.3 Å². The Labute approximate surface area is 177 Å². The molecule has 0 radical (unpaired) electrons. The van der Waals surface area contributed by atoms with Crippen molar-refractivity contribution in [3.8, 4) is 5.75 Å². The van der Waals surface area contributed by atoms with Crippen molar-refractivity contribution in [1.29, 1.82) is 0 Å². The molecule has 1 aliphatic heterocycles. The molecule has 2 aromatic rings. The molecule has 1 aliphatic rings. The summed E-state index contributed by atoms with van der Waals surface area (Å²) in [6.45, 7) is 7.05. The fraction of sp³-hybridized carbons (Fsp3) is 0.417. The number of amides is 1. The minimum absolute atomic E-state index is 0.135. The number of nitrogens with one attached hydrogen (secondary N) is 1. The van der Waals surface area contributed by atoms with E-state index in [0.29, 0.717) is 29.5 Å². The quantitative estimate of drug-likeness (QED) is 0.645. The molecule has 3 rings (SSSR count). The molecule has 0 aliphatic carbocycles. The standard InChI is InChI=1S/C24H29NO5/c1-16(2)18-6-10-20(11-7-18)25-23(26)17(3)30-24(27)19-8-12-21(13-9-19)29-15-22-5-4-14-28-22/h6-13,16-17,22H,4-5,14-15H2,1-3H3,(H,25,26)/t17-,22+/m1/s1. The average Bonchev–Trinajstić information content (AvgIpc) is 3.26. The van der Waals surface area contributed by atoms with Crippen molar-refractivity contribution in [3.63, 3.8) is 0 Å². The van der Waals surface area contributed by atoms with Crippen LogP contribution in [0.2, 0.25) is 0 Å². The molecule has 0 unspecified atom stereocenters. The van der Waals surface area contributed by atoms with Crippen LogP contribution < -0.4 is 10.1 Å².